The molecule has 3 heteroatoms. The lowest BCUT2D eigenvalue weighted by Crippen LogP contribution is -2.41. The van der Waals surface area contributed by atoms with Crippen molar-refractivity contribution in [2.45, 2.75) is 5.92 Å². The second kappa shape index (κ2) is 7.24. The molecular weight excluding hydrogens is 310 g/mol. The Labute approximate surface area is 148 Å². The first-order chi connectivity index (χ1) is 12.3. The number of rotatable bonds is 4. The summed E-state index contributed by atoms with van der Waals surface area (Å²) in [4.78, 5) is 15.0. The summed E-state index contributed by atoms with van der Waals surface area (Å²) in [5.74, 6) is 0.898. The molecule has 0 unspecified atom stereocenters. The summed E-state index contributed by atoms with van der Waals surface area (Å²) in [5, 5.41) is 0. The average Bonchev–Trinajstić information content (AvgIpc) is 3.42. The van der Waals surface area contributed by atoms with Gasteiger partial charge in [0.2, 0.25) is 5.91 Å². The second-order valence-electron chi connectivity index (χ2n) is 6.75. The number of hydrogen-bond acceptors (Lipinski definition) is 2. The first-order valence-corrected chi connectivity index (χ1v) is 8.99. The van der Waals surface area contributed by atoms with Crippen LogP contribution in [0.2, 0.25) is 0 Å². The van der Waals surface area contributed by atoms with E-state index in [2.05, 4.69) is 48.6 Å². The Morgan fingerprint density at radius 2 is 1.60 bits per heavy atom. The Hall–Kier alpha value is -2.39. The molecule has 2 aromatic carbocycles. The van der Waals surface area contributed by atoms with Crippen LogP contribution in [-0.4, -0.2) is 37.1 Å². The Morgan fingerprint density at radius 3 is 2.28 bits per heavy atom. The van der Waals surface area contributed by atoms with Gasteiger partial charge in [0.25, 0.3) is 0 Å². The minimum Gasteiger partial charge on any atom is -0.378 e. The Balaban J connectivity index is 1.54. The van der Waals surface area contributed by atoms with Crippen LogP contribution in [-0.2, 0) is 9.53 Å². The van der Waals surface area contributed by atoms with Gasteiger partial charge < -0.3 is 9.64 Å². The first-order valence-electron chi connectivity index (χ1n) is 8.99. The Kier molecular flexibility index (Phi) is 4.66. The van der Waals surface area contributed by atoms with Crippen molar-refractivity contribution in [3.05, 3.63) is 77.9 Å². The third-order valence-corrected chi connectivity index (χ3v) is 5.18. The van der Waals surface area contributed by atoms with Crippen LogP contribution < -0.4 is 0 Å². The molecule has 0 spiro atoms. The number of ether oxygens (including phenoxy) is 1. The number of carbonyl (C=O) groups excluding carboxylic acids is 1. The Bertz CT molecular complexity index is 735. The van der Waals surface area contributed by atoms with Gasteiger partial charge in [-0.25, -0.2) is 0 Å². The van der Waals surface area contributed by atoms with E-state index in [1.54, 1.807) is 0 Å². The molecule has 1 heterocycles. The SMILES string of the molecule is O=C([C@H]1[C@H](/C=C/c2ccccc2)[C@@H]1c1ccccc1)N1CCOCC1. The van der Waals surface area contributed by atoms with E-state index in [1.807, 2.05) is 29.2 Å². The number of benzene rings is 2. The van der Waals surface area contributed by atoms with Gasteiger partial charge in [-0.3, -0.25) is 4.79 Å². The lowest BCUT2D eigenvalue weighted by atomic mass is 10.1. The topological polar surface area (TPSA) is 29.5 Å². The molecular formula is C22H23NO2. The van der Waals surface area contributed by atoms with Crippen molar-refractivity contribution in [2.24, 2.45) is 11.8 Å². The normalized spacial score (nSPS) is 25.9. The molecule has 128 valence electrons. The Morgan fingerprint density at radius 1 is 0.960 bits per heavy atom. The standard InChI is InChI=1S/C22H23NO2/c24-22(23-13-15-25-16-14-23)21-19(12-11-17-7-3-1-4-8-17)20(21)18-9-5-2-6-10-18/h1-12,19-21H,13-16H2/b12-11+/t19-,20+,21+/m1/s1. The summed E-state index contributed by atoms with van der Waals surface area (Å²) in [7, 11) is 0. The molecule has 3 atom stereocenters. The second-order valence-corrected chi connectivity index (χ2v) is 6.75. The van der Waals surface area contributed by atoms with Gasteiger partial charge >= 0.3 is 0 Å². The molecule has 0 aromatic heterocycles. The van der Waals surface area contributed by atoms with Crippen LogP contribution in [0.25, 0.3) is 6.08 Å². The van der Waals surface area contributed by atoms with Crippen LogP contribution in [0.15, 0.2) is 66.7 Å². The fourth-order valence-electron chi connectivity index (χ4n) is 3.78. The van der Waals surface area contributed by atoms with Gasteiger partial charge in [-0.15, -0.1) is 0 Å². The van der Waals surface area contributed by atoms with Gasteiger partial charge in [-0.05, 0) is 17.0 Å². The lowest BCUT2D eigenvalue weighted by molar-refractivity contribution is -0.136. The summed E-state index contributed by atoms with van der Waals surface area (Å²) >= 11 is 0. The molecule has 2 fully saturated rings. The van der Waals surface area contributed by atoms with Crippen molar-refractivity contribution in [3.63, 3.8) is 0 Å². The van der Waals surface area contributed by atoms with Crippen molar-refractivity contribution in [1.82, 2.24) is 4.90 Å². The number of nitrogens with zero attached hydrogens (tertiary/aromatic N) is 1. The minimum atomic E-state index is 0.0560. The maximum Gasteiger partial charge on any atom is 0.227 e. The number of morpholine rings is 1. The molecule has 0 bridgehead atoms. The zero-order valence-corrected chi connectivity index (χ0v) is 14.3. The predicted molar refractivity (Wildman–Crippen MR) is 99.0 cm³/mol. The number of hydrogen-bond donors (Lipinski definition) is 0. The molecule has 25 heavy (non-hydrogen) atoms. The van der Waals surface area contributed by atoms with E-state index >= 15 is 0 Å². The van der Waals surface area contributed by atoms with E-state index in [1.165, 1.54) is 11.1 Å². The highest BCUT2D eigenvalue weighted by Crippen LogP contribution is 2.55. The molecule has 2 aliphatic rings. The fraction of sp³-hybridized carbons (Fsp3) is 0.318. The summed E-state index contributed by atoms with van der Waals surface area (Å²) in [5.41, 5.74) is 2.44. The molecule has 1 amide bonds. The number of carbonyl (C=O) groups is 1. The highest BCUT2D eigenvalue weighted by Gasteiger charge is 2.55. The smallest absolute Gasteiger partial charge is 0.227 e. The lowest BCUT2D eigenvalue weighted by Gasteiger charge is -2.27. The monoisotopic (exact) mass is 333 g/mol. The van der Waals surface area contributed by atoms with Crippen LogP contribution in [0.5, 0.6) is 0 Å². The molecule has 0 N–H and O–H groups in total. The van der Waals surface area contributed by atoms with Crippen molar-refractivity contribution in [3.8, 4) is 0 Å². The number of amides is 1. The van der Waals surface area contributed by atoms with E-state index in [0.717, 1.165) is 0 Å². The average molecular weight is 333 g/mol. The molecule has 1 saturated heterocycles. The maximum atomic E-state index is 13.0. The van der Waals surface area contributed by atoms with Crippen molar-refractivity contribution in [1.29, 1.82) is 0 Å². The zero-order chi connectivity index (χ0) is 17.1. The highest BCUT2D eigenvalue weighted by molar-refractivity contribution is 5.84. The summed E-state index contributed by atoms with van der Waals surface area (Å²) < 4.78 is 5.39. The predicted octanol–water partition coefficient (Wildman–Crippen LogP) is 3.59. The van der Waals surface area contributed by atoms with Crippen LogP contribution in [0, 0.1) is 11.8 Å². The zero-order valence-electron chi connectivity index (χ0n) is 14.3. The van der Waals surface area contributed by atoms with E-state index in [4.69, 9.17) is 4.74 Å². The van der Waals surface area contributed by atoms with Crippen LogP contribution in [0.3, 0.4) is 0 Å². The maximum absolute atomic E-state index is 13.0. The fourth-order valence-corrected chi connectivity index (χ4v) is 3.78. The van der Waals surface area contributed by atoms with Crippen LogP contribution in [0.1, 0.15) is 17.0 Å². The van der Waals surface area contributed by atoms with Gasteiger partial charge in [0.15, 0.2) is 0 Å². The van der Waals surface area contributed by atoms with Gasteiger partial charge in [0, 0.05) is 19.0 Å². The summed E-state index contributed by atoms with van der Waals surface area (Å²) in [6.07, 6.45) is 4.36. The van der Waals surface area contributed by atoms with Crippen molar-refractivity contribution in [2.75, 3.05) is 26.3 Å². The van der Waals surface area contributed by atoms with Crippen molar-refractivity contribution < 1.29 is 9.53 Å². The van der Waals surface area contributed by atoms with Gasteiger partial charge in [-0.2, -0.15) is 0 Å². The quantitative estimate of drug-likeness (QED) is 0.856. The summed E-state index contributed by atoms with van der Waals surface area (Å²) in [6, 6.07) is 20.7. The third kappa shape index (κ3) is 3.52. The third-order valence-electron chi connectivity index (χ3n) is 5.18. The molecule has 0 radical (unpaired) electrons. The van der Waals surface area contributed by atoms with E-state index in [-0.39, 0.29) is 23.7 Å². The molecule has 3 nitrogen and oxygen atoms in total. The van der Waals surface area contributed by atoms with Crippen molar-refractivity contribution >= 4 is 12.0 Å². The van der Waals surface area contributed by atoms with E-state index in [0.29, 0.717) is 26.3 Å². The minimum absolute atomic E-state index is 0.0560. The summed E-state index contributed by atoms with van der Waals surface area (Å²) in [6.45, 7) is 2.73. The molecule has 1 aliphatic carbocycles. The van der Waals surface area contributed by atoms with Crippen LogP contribution in [0.4, 0.5) is 0 Å². The van der Waals surface area contributed by atoms with E-state index < -0.39 is 0 Å². The van der Waals surface area contributed by atoms with E-state index in [9.17, 15) is 4.79 Å². The first kappa shape index (κ1) is 16.1. The molecule has 1 saturated carbocycles. The largest absolute Gasteiger partial charge is 0.378 e. The molecule has 4 rings (SSSR count). The van der Waals surface area contributed by atoms with Crippen LogP contribution >= 0.6 is 0 Å². The highest BCUT2D eigenvalue weighted by atomic mass is 16.5. The van der Waals surface area contributed by atoms with Gasteiger partial charge in [-0.1, -0.05) is 72.8 Å². The van der Waals surface area contributed by atoms with Gasteiger partial charge in [0.1, 0.15) is 0 Å². The molecule has 1 aliphatic heterocycles. The molecule has 2 aromatic rings. The van der Waals surface area contributed by atoms with Gasteiger partial charge in [0.05, 0.1) is 19.1 Å². The number of allylic oxidation sites excluding steroid dienone is 1.